The second-order valence-electron chi connectivity index (χ2n) is 3.99. The zero-order valence-electron chi connectivity index (χ0n) is 11.2. The van der Waals surface area contributed by atoms with Crippen LogP contribution < -0.4 is 5.32 Å². The molecule has 0 fully saturated rings. The summed E-state index contributed by atoms with van der Waals surface area (Å²) in [5, 5.41) is 11.0. The Morgan fingerprint density at radius 2 is 2.20 bits per heavy atom. The van der Waals surface area contributed by atoms with E-state index >= 15 is 0 Å². The van der Waals surface area contributed by atoms with Crippen molar-refractivity contribution in [3.8, 4) is 0 Å². The molecule has 0 radical (unpaired) electrons. The molecule has 2 N–H and O–H groups in total. The normalized spacial score (nSPS) is 11.9. The molecule has 0 aromatic heterocycles. The fraction of sp³-hybridized carbons (Fsp3) is 0.385. The first kappa shape index (κ1) is 16.5. The minimum atomic E-state index is -1.14. The lowest BCUT2D eigenvalue weighted by Crippen LogP contribution is -2.33. The summed E-state index contributed by atoms with van der Waals surface area (Å²) in [6.07, 6.45) is 0. The molecular formula is C13H16FNO4S. The van der Waals surface area contributed by atoms with Gasteiger partial charge in [0.25, 0.3) is 0 Å². The van der Waals surface area contributed by atoms with Gasteiger partial charge in [0, 0.05) is 18.6 Å². The van der Waals surface area contributed by atoms with Crippen LogP contribution in [-0.2, 0) is 9.53 Å². The van der Waals surface area contributed by atoms with Crippen LogP contribution in [0.25, 0.3) is 0 Å². The Balaban J connectivity index is 2.69. The quantitative estimate of drug-likeness (QED) is 0.593. The Kier molecular flexibility index (Phi) is 6.47. The average molecular weight is 301 g/mol. The lowest BCUT2D eigenvalue weighted by atomic mass is 10.2. The Morgan fingerprint density at radius 3 is 2.80 bits per heavy atom. The van der Waals surface area contributed by atoms with Gasteiger partial charge < -0.3 is 15.2 Å². The van der Waals surface area contributed by atoms with Crippen LogP contribution in [0.15, 0.2) is 23.1 Å². The van der Waals surface area contributed by atoms with Gasteiger partial charge in [-0.25, -0.2) is 9.18 Å². The predicted molar refractivity (Wildman–Crippen MR) is 73.6 cm³/mol. The molecule has 5 nitrogen and oxygen atoms in total. The van der Waals surface area contributed by atoms with Gasteiger partial charge in [-0.15, -0.1) is 11.8 Å². The molecular weight excluding hydrogens is 285 g/mol. The molecule has 1 amide bonds. The summed E-state index contributed by atoms with van der Waals surface area (Å²) >= 11 is 0.977. The average Bonchev–Trinajstić information content (AvgIpc) is 2.41. The number of carboxylic acids is 1. The molecule has 0 aliphatic carbocycles. The third-order valence-corrected chi connectivity index (χ3v) is 3.59. The Bertz CT molecular complexity index is 495. The number of hydrogen-bond acceptors (Lipinski definition) is 4. The number of amides is 1. The molecule has 1 unspecified atom stereocenters. The van der Waals surface area contributed by atoms with E-state index in [9.17, 15) is 14.0 Å². The maximum absolute atomic E-state index is 13.6. The van der Waals surface area contributed by atoms with Crippen LogP contribution in [0, 0.1) is 5.82 Å². The number of carbonyl (C=O) groups excluding carboxylic acids is 1. The number of rotatable bonds is 7. The summed E-state index contributed by atoms with van der Waals surface area (Å²) in [6, 6.07) is 3.49. The number of hydrogen-bond donors (Lipinski definition) is 2. The third-order valence-electron chi connectivity index (χ3n) is 2.46. The van der Waals surface area contributed by atoms with Crippen molar-refractivity contribution >= 4 is 23.6 Å². The van der Waals surface area contributed by atoms with E-state index in [1.54, 1.807) is 6.92 Å². The highest BCUT2D eigenvalue weighted by molar-refractivity contribution is 8.00. The molecule has 1 aromatic rings. The van der Waals surface area contributed by atoms with Crippen molar-refractivity contribution < 1.29 is 23.8 Å². The van der Waals surface area contributed by atoms with Gasteiger partial charge in [-0.2, -0.15) is 0 Å². The summed E-state index contributed by atoms with van der Waals surface area (Å²) in [5.74, 6) is -1.94. The van der Waals surface area contributed by atoms with Crippen LogP contribution in [0.3, 0.4) is 0 Å². The molecule has 0 saturated heterocycles. The molecule has 1 rings (SSSR count). The predicted octanol–water partition coefficient (Wildman–Crippen LogP) is 1.77. The fourth-order valence-electron chi connectivity index (χ4n) is 1.39. The number of thioether (sulfide) groups is 1. The largest absolute Gasteiger partial charge is 0.478 e. The van der Waals surface area contributed by atoms with Gasteiger partial charge in [-0.1, -0.05) is 0 Å². The second kappa shape index (κ2) is 7.86. The topological polar surface area (TPSA) is 75.6 Å². The number of methoxy groups -OCH3 is 1. The standard InChI is InChI=1S/C13H16FNO4S/c1-8(12(16)15-5-6-19-2)20-11-7-9(13(17)18)3-4-10(11)14/h3-4,7-8H,5-6H2,1-2H3,(H,15,16)(H,17,18). The monoisotopic (exact) mass is 301 g/mol. The van der Waals surface area contributed by atoms with Gasteiger partial charge in [-0.05, 0) is 25.1 Å². The number of carboxylic acid groups (broad SMARTS) is 1. The maximum Gasteiger partial charge on any atom is 0.335 e. The maximum atomic E-state index is 13.6. The van der Waals surface area contributed by atoms with E-state index in [1.165, 1.54) is 19.2 Å². The van der Waals surface area contributed by atoms with Crippen LogP contribution >= 0.6 is 11.8 Å². The van der Waals surface area contributed by atoms with Gasteiger partial charge in [0.05, 0.1) is 17.4 Å². The summed E-state index contributed by atoms with van der Waals surface area (Å²) < 4.78 is 18.4. The number of ether oxygens (including phenoxy) is 1. The highest BCUT2D eigenvalue weighted by Crippen LogP contribution is 2.27. The van der Waals surface area contributed by atoms with E-state index in [0.717, 1.165) is 17.8 Å². The smallest absolute Gasteiger partial charge is 0.335 e. The molecule has 0 heterocycles. The summed E-state index contributed by atoms with van der Waals surface area (Å²) in [7, 11) is 1.52. The molecule has 1 aromatic carbocycles. The number of benzene rings is 1. The van der Waals surface area contributed by atoms with Crippen molar-refractivity contribution in [2.45, 2.75) is 17.1 Å². The minimum Gasteiger partial charge on any atom is -0.478 e. The molecule has 20 heavy (non-hydrogen) atoms. The van der Waals surface area contributed by atoms with E-state index in [1.807, 2.05) is 0 Å². The van der Waals surface area contributed by atoms with Crippen LogP contribution in [-0.4, -0.2) is 42.5 Å². The third kappa shape index (κ3) is 4.82. The van der Waals surface area contributed by atoms with Gasteiger partial charge >= 0.3 is 5.97 Å². The van der Waals surface area contributed by atoms with E-state index in [4.69, 9.17) is 9.84 Å². The van der Waals surface area contributed by atoms with Gasteiger partial charge in [0.15, 0.2) is 0 Å². The number of aromatic carboxylic acids is 1. The first-order valence-electron chi connectivity index (χ1n) is 5.92. The summed E-state index contributed by atoms with van der Waals surface area (Å²) in [4.78, 5) is 22.7. The van der Waals surface area contributed by atoms with Crippen LogP contribution in [0.5, 0.6) is 0 Å². The van der Waals surface area contributed by atoms with Crippen LogP contribution in [0.4, 0.5) is 4.39 Å². The van der Waals surface area contributed by atoms with Crippen molar-refractivity contribution in [2.75, 3.05) is 20.3 Å². The molecule has 0 saturated carbocycles. The Hall–Kier alpha value is -1.60. The molecule has 0 bridgehead atoms. The number of nitrogens with one attached hydrogen (secondary N) is 1. The van der Waals surface area contributed by atoms with Crippen molar-refractivity contribution in [3.63, 3.8) is 0 Å². The van der Waals surface area contributed by atoms with Crippen molar-refractivity contribution in [1.29, 1.82) is 0 Å². The Labute approximate surface area is 120 Å². The summed E-state index contributed by atoms with van der Waals surface area (Å²) in [6.45, 7) is 2.39. The number of halogens is 1. The molecule has 0 aliphatic heterocycles. The Morgan fingerprint density at radius 1 is 1.50 bits per heavy atom. The van der Waals surface area contributed by atoms with Crippen molar-refractivity contribution in [3.05, 3.63) is 29.6 Å². The number of carbonyl (C=O) groups is 2. The van der Waals surface area contributed by atoms with E-state index in [0.29, 0.717) is 13.2 Å². The molecule has 110 valence electrons. The highest BCUT2D eigenvalue weighted by Gasteiger charge is 2.17. The second-order valence-corrected chi connectivity index (χ2v) is 5.38. The van der Waals surface area contributed by atoms with Crippen molar-refractivity contribution in [2.24, 2.45) is 0 Å². The van der Waals surface area contributed by atoms with E-state index in [-0.39, 0.29) is 16.4 Å². The first-order valence-corrected chi connectivity index (χ1v) is 6.79. The lowest BCUT2D eigenvalue weighted by Gasteiger charge is -2.12. The molecule has 1 atom stereocenters. The zero-order chi connectivity index (χ0) is 15.1. The lowest BCUT2D eigenvalue weighted by molar-refractivity contribution is -0.120. The minimum absolute atomic E-state index is 0.0131. The molecule has 0 aliphatic rings. The van der Waals surface area contributed by atoms with Gasteiger partial charge in [0.1, 0.15) is 5.82 Å². The first-order chi connectivity index (χ1) is 9.45. The SMILES string of the molecule is COCCNC(=O)C(C)Sc1cc(C(=O)O)ccc1F. The van der Waals surface area contributed by atoms with Crippen LogP contribution in [0.2, 0.25) is 0 Å². The molecule has 0 spiro atoms. The van der Waals surface area contributed by atoms with Gasteiger partial charge in [-0.3, -0.25) is 4.79 Å². The fourth-order valence-corrected chi connectivity index (χ4v) is 2.34. The highest BCUT2D eigenvalue weighted by atomic mass is 32.2. The summed E-state index contributed by atoms with van der Waals surface area (Å²) in [5.41, 5.74) is -0.0131. The van der Waals surface area contributed by atoms with Crippen molar-refractivity contribution in [1.82, 2.24) is 5.32 Å². The van der Waals surface area contributed by atoms with Gasteiger partial charge in [0.2, 0.25) is 5.91 Å². The van der Waals surface area contributed by atoms with E-state index in [2.05, 4.69) is 5.32 Å². The molecule has 7 heteroatoms. The van der Waals surface area contributed by atoms with Crippen LogP contribution in [0.1, 0.15) is 17.3 Å². The zero-order valence-corrected chi connectivity index (χ0v) is 12.0. The van der Waals surface area contributed by atoms with E-state index < -0.39 is 17.0 Å².